The maximum Gasteiger partial charge on any atom is 0.188 e. The molecule has 1 aliphatic rings. The normalized spacial score (nSPS) is 17.1. The number of para-hydroxylation sites is 1. The first kappa shape index (κ1) is 17.8. The molecule has 1 atom stereocenters. The zero-order chi connectivity index (χ0) is 14.5. The number of hydrogen-bond acceptors (Lipinski definition) is 2. The van der Waals surface area contributed by atoms with Gasteiger partial charge in [-0.05, 0) is 31.9 Å². The highest BCUT2D eigenvalue weighted by Gasteiger charge is 2.24. The standard InChI is InChI=1S/C16H24N4.HI/c1-12(2)11-19-16(17)18-8-9-20-13(3)10-14-6-4-5-7-15(14)20;/h4-7,13H,1,8-11H2,2-3H3,(H3,17,18,19);1H. The van der Waals surface area contributed by atoms with Crippen LogP contribution >= 0.6 is 24.0 Å². The van der Waals surface area contributed by atoms with Gasteiger partial charge in [-0.1, -0.05) is 30.4 Å². The molecule has 0 bridgehead atoms. The molecule has 1 aromatic carbocycles. The second-order valence-corrected chi connectivity index (χ2v) is 5.46. The smallest absolute Gasteiger partial charge is 0.188 e. The summed E-state index contributed by atoms with van der Waals surface area (Å²) in [5, 5.41) is 3.16. The van der Waals surface area contributed by atoms with Gasteiger partial charge in [-0.3, -0.25) is 0 Å². The quantitative estimate of drug-likeness (QED) is 0.346. The molecule has 0 saturated carbocycles. The van der Waals surface area contributed by atoms with E-state index in [9.17, 15) is 0 Å². The molecule has 1 unspecified atom stereocenters. The number of aliphatic imine (C=N–C) groups is 1. The molecule has 0 fully saturated rings. The zero-order valence-electron chi connectivity index (χ0n) is 12.8. The SMILES string of the molecule is C=C(C)CN=C(N)NCCN1c2ccccc2CC1C.I. The van der Waals surface area contributed by atoms with E-state index >= 15 is 0 Å². The summed E-state index contributed by atoms with van der Waals surface area (Å²) in [6.07, 6.45) is 1.12. The van der Waals surface area contributed by atoms with Crippen LogP contribution in [0.4, 0.5) is 5.69 Å². The Kier molecular flexibility index (Phi) is 7.01. The molecule has 1 aliphatic heterocycles. The van der Waals surface area contributed by atoms with Gasteiger partial charge in [-0.25, -0.2) is 4.99 Å². The highest BCUT2D eigenvalue weighted by Crippen LogP contribution is 2.30. The number of benzene rings is 1. The summed E-state index contributed by atoms with van der Waals surface area (Å²) in [7, 11) is 0. The molecule has 116 valence electrons. The Hall–Kier alpha value is -1.24. The van der Waals surface area contributed by atoms with Crippen LogP contribution in [0.5, 0.6) is 0 Å². The van der Waals surface area contributed by atoms with Gasteiger partial charge in [0, 0.05) is 24.8 Å². The van der Waals surface area contributed by atoms with Crippen LogP contribution in [0, 0.1) is 0 Å². The Morgan fingerprint density at radius 2 is 2.19 bits per heavy atom. The summed E-state index contributed by atoms with van der Waals surface area (Å²) in [6.45, 7) is 10.3. The first-order valence-electron chi connectivity index (χ1n) is 7.10. The van der Waals surface area contributed by atoms with E-state index in [-0.39, 0.29) is 24.0 Å². The maximum absolute atomic E-state index is 5.82. The van der Waals surface area contributed by atoms with E-state index in [1.165, 1.54) is 11.3 Å². The number of guanidine groups is 1. The Morgan fingerprint density at radius 1 is 1.48 bits per heavy atom. The fourth-order valence-electron chi connectivity index (χ4n) is 2.55. The summed E-state index contributed by atoms with van der Waals surface area (Å²) < 4.78 is 0. The van der Waals surface area contributed by atoms with Gasteiger partial charge in [0.2, 0.25) is 0 Å². The van der Waals surface area contributed by atoms with Crippen LogP contribution in [-0.4, -0.2) is 31.6 Å². The van der Waals surface area contributed by atoms with Crippen molar-refractivity contribution in [2.45, 2.75) is 26.3 Å². The molecule has 5 heteroatoms. The first-order chi connectivity index (χ1) is 9.58. The lowest BCUT2D eigenvalue weighted by Crippen LogP contribution is -2.40. The van der Waals surface area contributed by atoms with E-state index in [4.69, 9.17) is 5.73 Å². The number of rotatable bonds is 5. The Morgan fingerprint density at radius 3 is 2.90 bits per heavy atom. The van der Waals surface area contributed by atoms with Gasteiger partial charge in [0.05, 0.1) is 6.54 Å². The van der Waals surface area contributed by atoms with Crippen LogP contribution in [0.15, 0.2) is 41.4 Å². The predicted octanol–water partition coefficient (Wildman–Crippen LogP) is 2.54. The monoisotopic (exact) mass is 400 g/mol. The van der Waals surface area contributed by atoms with Gasteiger partial charge in [0.1, 0.15) is 0 Å². The van der Waals surface area contributed by atoms with Gasteiger partial charge in [0.25, 0.3) is 0 Å². The van der Waals surface area contributed by atoms with Crippen molar-refractivity contribution in [3.8, 4) is 0 Å². The molecule has 21 heavy (non-hydrogen) atoms. The number of fused-ring (bicyclic) bond motifs is 1. The third-order valence-electron chi connectivity index (χ3n) is 3.53. The Balaban J connectivity index is 0.00000220. The lowest BCUT2D eigenvalue weighted by molar-refractivity contribution is 0.660. The van der Waals surface area contributed by atoms with Crippen LogP contribution < -0.4 is 16.0 Å². The number of halogens is 1. The molecule has 0 spiro atoms. The van der Waals surface area contributed by atoms with Crippen molar-refractivity contribution in [1.29, 1.82) is 0 Å². The van der Waals surface area contributed by atoms with Gasteiger partial charge in [-0.2, -0.15) is 0 Å². The molecule has 0 aliphatic carbocycles. The topological polar surface area (TPSA) is 53.6 Å². The fraction of sp³-hybridized carbons (Fsp3) is 0.438. The van der Waals surface area contributed by atoms with Crippen molar-refractivity contribution in [2.75, 3.05) is 24.5 Å². The van der Waals surface area contributed by atoms with E-state index in [1.54, 1.807) is 0 Å². The van der Waals surface area contributed by atoms with Gasteiger partial charge in [0.15, 0.2) is 5.96 Å². The van der Waals surface area contributed by atoms with Crippen molar-refractivity contribution >= 4 is 35.6 Å². The zero-order valence-corrected chi connectivity index (χ0v) is 15.1. The third-order valence-corrected chi connectivity index (χ3v) is 3.53. The summed E-state index contributed by atoms with van der Waals surface area (Å²) in [4.78, 5) is 6.64. The highest BCUT2D eigenvalue weighted by atomic mass is 127. The van der Waals surface area contributed by atoms with E-state index in [0.29, 0.717) is 18.5 Å². The molecule has 0 aromatic heterocycles. The number of nitrogens with two attached hydrogens (primary N) is 1. The van der Waals surface area contributed by atoms with Crippen LogP contribution in [-0.2, 0) is 6.42 Å². The van der Waals surface area contributed by atoms with Crippen LogP contribution in [0.2, 0.25) is 0 Å². The van der Waals surface area contributed by atoms with E-state index in [2.05, 4.69) is 53.0 Å². The van der Waals surface area contributed by atoms with E-state index < -0.39 is 0 Å². The first-order valence-corrected chi connectivity index (χ1v) is 7.10. The molecule has 0 saturated heterocycles. The van der Waals surface area contributed by atoms with Gasteiger partial charge >= 0.3 is 0 Å². The minimum absolute atomic E-state index is 0. The maximum atomic E-state index is 5.82. The molecule has 0 amide bonds. The van der Waals surface area contributed by atoms with Crippen molar-refractivity contribution in [3.05, 3.63) is 42.0 Å². The second kappa shape index (κ2) is 8.26. The lowest BCUT2D eigenvalue weighted by atomic mass is 10.1. The van der Waals surface area contributed by atoms with Crippen LogP contribution in [0.3, 0.4) is 0 Å². The molecule has 1 heterocycles. The predicted molar refractivity (Wildman–Crippen MR) is 102 cm³/mol. The number of nitrogens with one attached hydrogen (secondary N) is 1. The van der Waals surface area contributed by atoms with Crippen LogP contribution in [0.1, 0.15) is 19.4 Å². The van der Waals surface area contributed by atoms with Crippen molar-refractivity contribution < 1.29 is 0 Å². The summed E-state index contributed by atoms with van der Waals surface area (Å²) in [5.41, 5.74) is 9.61. The molecule has 1 aromatic rings. The van der Waals surface area contributed by atoms with Gasteiger partial charge in [-0.15, -0.1) is 24.0 Å². The summed E-state index contributed by atoms with van der Waals surface area (Å²) in [6, 6.07) is 9.15. The number of nitrogens with zero attached hydrogens (tertiary/aromatic N) is 2. The molecule has 2 rings (SSSR count). The Labute approximate surface area is 144 Å². The molecule has 0 radical (unpaired) electrons. The van der Waals surface area contributed by atoms with E-state index in [0.717, 1.165) is 25.1 Å². The van der Waals surface area contributed by atoms with Crippen molar-refractivity contribution in [3.63, 3.8) is 0 Å². The van der Waals surface area contributed by atoms with Gasteiger partial charge < -0.3 is 16.0 Å². The second-order valence-electron chi connectivity index (χ2n) is 5.46. The lowest BCUT2D eigenvalue weighted by Gasteiger charge is -2.25. The minimum atomic E-state index is 0. The summed E-state index contributed by atoms with van der Waals surface area (Å²) >= 11 is 0. The molecule has 4 nitrogen and oxygen atoms in total. The minimum Gasteiger partial charge on any atom is -0.370 e. The average molecular weight is 400 g/mol. The van der Waals surface area contributed by atoms with Crippen LogP contribution in [0.25, 0.3) is 0 Å². The fourth-order valence-corrected chi connectivity index (χ4v) is 2.55. The highest BCUT2D eigenvalue weighted by molar-refractivity contribution is 14.0. The van der Waals surface area contributed by atoms with Crippen molar-refractivity contribution in [2.24, 2.45) is 10.7 Å². The molecule has 3 N–H and O–H groups in total. The Bertz CT molecular complexity index is 513. The van der Waals surface area contributed by atoms with Crippen molar-refractivity contribution in [1.82, 2.24) is 5.32 Å². The average Bonchev–Trinajstić information content (AvgIpc) is 2.73. The largest absolute Gasteiger partial charge is 0.370 e. The number of anilines is 1. The van der Waals surface area contributed by atoms with E-state index in [1.807, 2.05) is 6.92 Å². The number of hydrogen-bond donors (Lipinski definition) is 2. The molecular weight excluding hydrogens is 375 g/mol. The summed E-state index contributed by atoms with van der Waals surface area (Å²) in [5.74, 6) is 0.494. The third kappa shape index (κ3) is 4.91. The molecular formula is C16H25IN4.